The number of carbonyl (C=O) groups excluding carboxylic acids is 2. The lowest BCUT2D eigenvalue weighted by molar-refractivity contribution is -0.133. The molecule has 2 saturated heterocycles. The van der Waals surface area contributed by atoms with Crippen molar-refractivity contribution in [3.63, 3.8) is 0 Å². The topological polar surface area (TPSA) is 102 Å². The Morgan fingerprint density at radius 2 is 1.95 bits per heavy atom. The van der Waals surface area contributed by atoms with Crippen LogP contribution in [-0.2, 0) is 9.59 Å². The smallest absolute Gasteiger partial charge is 0.231 e. The van der Waals surface area contributed by atoms with E-state index in [-0.39, 0.29) is 35.7 Å². The average molecular weight is 524 g/mol. The van der Waals surface area contributed by atoms with Crippen LogP contribution in [0.4, 0.5) is 11.6 Å². The number of piperidine rings is 1. The summed E-state index contributed by atoms with van der Waals surface area (Å²) in [5.41, 5.74) is 2.02. The van der Waals surface area contributed by atoms with E-state index in [2.05, 4.69) is 42.6 Å². The van der Waals surface area contributed by atoms with Gasteiger partial charge in [0.1, 0.15) is 18.0 Å². The normalized spacial score (nSPS) is 26.2. The maximum Gasteiger partial charge on any atom is 0.231 e. The standard InChI is InChI=1S/C27H34ClN7O2/c1-16-12-23(36)33-25-24(16)26(32-15-31-25)34-10-11-35(22-13-21(22)34)27(37)20(17-2-4-18(28)5-3-17)14-30-19-6-8-29-9-7-19/h2-5,15-16,19-22,29-30H,6-14H2,1H3,(H,31,32,33,36)/t16-,20-,21+,22-/m1/s1. The summed E-state index contributed by atoms with van der Waals surface area (Å²) >= 11 is 6.16. The monoisotopic (exact) mass is 523 g/mol. The minimum Gasteiger partial charge on any atom is -0.349 e. The predicted octanol–water partition coefficient (Wildman–Crippen LogP) is 2.49. The summed E-state index contributed by atoms with van der Waals surface area (Å²) in [5.74, 6) is 1.52. The molecule has 0 radical (unpaired) electrons. The first-order chi connectivity index (χ1) is 18.0. The van der Waals surface area contributed by atoms with Crippen molar-refractivity contribution < 1.29 is 9.59 Å². The van der Waals surface area contributed by atoms with Crippen molar-refractivity contribution >= 4 is 35.1 Å². The molecule has 4 heterocycles. The van der Waals surface area contributed by atoms with E-state index in [1.165, 1.54) is 6.33 Å². The van der Waals surface area contributed by atoms with Gasteiger partial charge in [0.15, 0.2) is 0 Å². The number of fused-ring (bicyclic) bond motifs is 2. The van der Waals surface area contributed by atoms with Crippen molar-refractivity contribution in [1.29, 1.82) is 0 Å². The van der Waals surface area contributed by atoms with Crippen LogP contribution in [0.5, 0.6) is 0 Å². The van der Waals surface area contributed by atoms with Crippen molar-refractivity contribution in [2.75, 3.05) is 42.9 Å². The third-order valence-electron chi connectivity index (χ3n) is 8.29. The number of anilines is 2. The van der Waals surface area contributed by atoms with Gasteiger partial charge in [-0.2, -0.15) is 0 Å². The number of nitrogens with one attached hydrogen (secondary N) is 3. The molecule has 3 aliphatic heterocycles. The molecule has 4 atom stereocenters. The first kappa shape index (κ1) is 24.6. The molecule has 2 amide bonds. The third kappa shape index (κ3) is 4.92. The lowest BCUT2D eigenvalue weighted by Gasteiger charge is -2.38. The molecule has 3 N–H and O–H groups in total. The molecule has 196 valence electrons. The van der Waals surface area contributed by atoms with Gasteiger partial charge in [-0.25, -0.2) is 9.97 Å². The van der Waals surface area contributed by atoms with Crippen LogP contribution in [0.1, 0.15) is 55.6 Å². The Bertz CT molecular complexity index is 1170. The maximum atomic E-state index is 14.0. The van der Waals surface area contributed by atoms with Crippen molar-refractivity contribution in [2.24, 2.45) is 0 Å². The molecular formula is C27H34ClN7O2. The Hall–Kier alpha value is -2.75. The number of hydrogen-bond acceptors (Lipinski definition) is 7. The van der Waals surface area contributed by atoms with Gasteiger partial charge in [-0.1, -0.05) is 30.7 Å². The fourth-order valence-electron chi connectivity index (χ4n) is 6.21. The molecule has 9 nitrogen and oxygen atoms in total. The molecular weight excluding hydrogens is 490 g/mol. The Morgan fingerprint density at radius 1 is 1.16 bits per heavy atom. The number of aromatic nitrogens is 2. The molecule has 0 bridgehead atoms. The maximum absolute atomic E-state index is 14.0. The zero-order valence-corrected chi connectivity index (χ0v) is 21.9. The fourth-order valence-corrected chi connectivity index (χ4v) is 6.33. The number of carbonyl (C=O) groups is 2. The van der Waals surface area contributed by atoms with Crippen LogP contribution in [0.2, 0.25) is 5.02 Å². The molecule has 0 unspecified atom stereocenters. The summed E-state index contributed by atoms with van der Waals surface area (Å²) in [4.78, 5) is 39.4. The molecule has 1 saturated carbocycles. The zero-order valence-electron chi connectivity index (χ0n) is 21.1. The van der Waals surface area contributed by atoms with E-state index in [0.717, 1.165) is 49.3 Å². The first-order valence-electron chi connectivity index (χ1n) is 13.4. The highest BCUT2D eigenvalue weighted by atomic mass is 35.5. The molecule has 1 aromatic carbocycles. The van der Waals surface area contributed by atoms with Gasteiger partial charge in [0.2, 0.25) is 11.8 Å². The van der Waals surface area contributed by atoms with Crippen LogP contribution in [0.3, 0.4) is 0 Å². The van der Waals surface area contributed by atoms with Gasteiger partial charge in [-0.3, -0.25) is 9.59 Å². The predicted molar refractivity (Wildman–Crippen MR) is 143 cm³/mol. The van der Waals surface area contributed by atoms with Gasteiger partial charge in [-0.05, 0) is 56.0 Å². The van der Waals surface area contributed by atoms with Gasteiger partial charge in [0.25, 0.3) is 0 Å². The first-order valence-corrected chi connectivity index (χ1v) is 13.8. The van der Waals surface area contributed by atoms with E-state index in [4.69, 9.17) is 11.6 Å². The van der Waals surface area contributed by atoms with E-state index in [0.29, 0.717) is 42.9 Å². The Kier molecular flexibility index (Phi) is 6.77. The van der Waals surface area contributed by atoms with Crippen LogP contribution in [0.15, 0.2) is 30.6 Å². The molecule has 6 rings (SSSR count). The summed E-state index contributed by atoms with van der Waals surface area (Å²) in [6, 6.07) is 8.56. The molecule has 4 aliphatic rings. The van der Waals surface area contributed by atoms with Crippen molar-refractivity contribution in [3.8, 4) is 0 Å². The van der Waals surface area contributed by atoms with Crippen LogP contribution < -0.4 is 20.9 Å². The second-order valence-electron chi connectivity index (χ2n) is 10.7. The zero-order chi connectivity index (χ0) is 25.5. The molecule has 3 fully saturated rings. The molecule has 0 spiro atoms. The number of rotatable bonds is 6. The number of piperazine rings is 1. The van der Waals surface area contributed by atoms with Gasteiger partial charge < -0.3 is 25.8 Å². The lowest BCUT2D eigenvalue weighted by Crippen LogP contribution is -2.52. The van der Waals surface area contributed by atoms with Crippen molar-refractivity contribution in [2.45, 2.75) is 62.6 Å². The van der Waals surface area contributed by atoms with Crippen LogP contribution >= 0.6 is 11.6 Å². The quantitative estimate of drug-likeness (QED) is 0.534. The SMILES string of the molecule is C[C@@H]1CC(=O)Nc2ncnc(N3CCN(C(=O)[C@H](CNC4CCNCC4)c4ccc(Cl)cc4)[C@@H]4C[C@@H]43)c21. The van der Waals surface area contributed by atoms with Gasteiger partial charge in [-0.15, -0.1) is 0 Å². The highest BCUT2D eigenvalue weighted by Crippen LogP contribution is 2.44. The second-order valence-corrected chi connectivity index (χ2v) is 11.2. The van der Waals surface area contributed by atoms with Gasteiger partial charge >= 0.3 is 0 Å². The van der Waals surface area contributed by atoms with E-state index in [1.807, 2.05) is 24.3 Å². The Morgan fingerprint density at radius 3 is 2.73 bits per heavy atom. The Labute approximate surface area is 222 Å². The minimum absolute atomic E-state index is 0.00398. The summed E-state index contributed by atoms with van der Waals surface area (Å²) in [6.45, 7) is 6.07. The number of halogens is 1. The third-order valence-corrected chi connectivity index (χ3v) is 8.54. The molecule has 37 heavy (non-hydrogen) atoms. The van der Waals surface area contributed by atoms with E-state index < -0.39 is 0 Å². The summed E-state index contributed by atoms with van der Waals surface area (Å²) in [7, 11) is 0. The van der Waals surface area contributed by atoms with Crippen molar-refractivity contribution in [3.05, 3.63) is 46.7 Å². The second kappa shape index (κ2) is 10.2. The summed E-state index contributed by atoms with van der Waals surface area (Å²) in [6.07, 6.45) is 5.05. The van der Waals surface area contributed by atoms with E-state index in [9.17, 15) is 9.59 Å². The van der Waals surface area contributed by atoms with Crippen molar-refractivity contribution in [1.82, 2.24) is 25.5 Å². The molecule has 2 aromatic rings. The van der Waals surface area contributed by atoms with Gasteiger partial charge in [0.05, 0.1) is 18.0 Å². The highest BCUT2D eigenvalue weighted by Gasteiger charge is 2.52. The largest absolute Gasteiger partial charge is 0.349 e. The average Bonchev–Trinajstić information content (AvgIpc) is 3.70. The number of hydrogen-bond donors (Lipinski definition) is 3. The van der Waals surface area contributed by atoms with E-state index in [1.54, 1.807) is 0 Å². The highest BCUT2D eigenvalue weighted by molar-refractivity contribution is 6.30. The van der Waals surface area contributed by atoms with Gasteiger partial charge in [0, 0.05) is 42.7 Å². The molecule has 1 aliphatic carbocycles. The number of benzene rings is 1. The summed E-state index contributed by atoms with van der Waals surface area (Å²) < 4.78 is 0. The fraction of sp³-hybridized carbons (Fsp3) is 0.556. The molecule has 1 aromatic heterocycles. The van der Waals surface area contributed by atoms with E-state index >= 15 is 0 Å². The lowest BCUT2D eigenvalue weighted by atomic mass is 9.94. The molecule has 10 heteroatoms. The number of amides is 2. The van der Waals surface area contributed by atoms with Crippen LogP contribution in [0.25, 0.3) is 0 Å². The summed E-state index contributed by atoms with van der Waals surface area (Å²) in [5, 5.41) is 10.7. The van der Waals surface area contributed by atoms with Crippen LogP contribution in [-0.4, -0.2) is 77.5 Å². The van der Waals surface area contributed by atoms with Crippen LogP contribution in [0, 0.1) is 0 Å². The number of nitrogens with zero attached hydrogens (tertiary/aromatic N) is 4. The minimum atomic E-state index is -0.248. The Balaban J connectivity index is 1.19.